The zero-order valence-electron chi connectivity index (χ0n) is 16.4. The van der Waals surface area contributed by atoms with E-state index in [9.17, 15) is 9.59 Å². The van der Waals surface area contributed by atoms with Gasteiger partial charge in [-0.3, -0.25) is 14.5 Å². The highest BCUT2D eigenvalue weighted by Crippen LogP contribution is 2.21. The molecule has 1 aliphatic rings. The maximum Gasteiger partial charge on any atom is 0.313 e. The molecule has 1 fully saturated rings. The first-order valence-corrected chi connectivity index (χ1v) is 9.58. The van der Waals surface area contributed by atoms with Gasteiger partial charge < -0.3 is 15.4 Å². The fourth-order valence-corrected chi connectivity index (χ4v) is 3.23. The van der Waals surface area contributed by atoms with E-state index in [1.54, 1.807) is 0 Å². The molecule has 6 heteroatoms. The van der Waals surface area contributed by atoms with E-state index in [0.717, 1.165) is 29.8 Å². The molecule has 6 nitrogen and oxygen atoms in total. The van der Waals surface area contributed by atoms with E-state index < -0.39 is 11.8 Å². The Morgan fingerprint density at radius 2 is 1.89 bits per heavy atom. The summed E-state index contributed by atoms with van der Waals surface area (Å²) in [6.45, 7) is 7.17. The van der Waals surface area contributed by atoms with Crippen molar-refractivity contribution in [3.05, 3.63) is 65.2 Å². The number of aryl methyl sites for hydroxylation is 2. The van der Waals surface area contributed by atoms with E-state index in [-0.39, 0.29) is 6.10 Å². The van der Waals surface area contributed by atoms with Crippen LogP contribution in [0.25, 0.3) is 0 Å². The molecule has 28 heavy (non-hydrogen) atoms. The molecule has 0 aliphatic carbocycles. The second-order valence-electron chi connectivity index (χ2n) is 7.10. The predicted molar refractivity (Wildman–Crippen MR) is 109 cm³/mol. The number of carbonyl (C=O) groups is 2. The van der Waals surface area contributed by atoms with Gasteiger partial charge in [-0.05, 0) is 36.6 Å². The van der Waals surface area contributed by atoms with Crippen molar-refractivity contribution in [2.24, 2.45) is 0 Å². The van der Waals surface area contributed by atoms with Crippen LogP contribution in [-0.2, 0) is 14.3 Å². The zero-order chi connectivity index (χ0) is 19.9. The van der Waals surface area contributed by atoms with Gasteiger partial charge in [0.25, 0.3) is 0 Å². The molecule has 0 saturated carbocycles. The number of benzene rings is 2. The summed E-state index contributed by atoms with van der Waals surface area (Å²) in [6, 6.07) is 15.9. The largest absolute Gasteiger partial charge is 0.371 e. The van der Waals surface area contributed by atoms with Crippen molar-refractivity contribution in [3.63, 3.8) is 0 Å². The van der Waals surface area contributed by atoms with Gasteiger partial charge in [-0.2, -0.15) is 0 Å². The van der Waals surface area contributed by atoms with Crippen LogP contribution < -0.4 is 10.6 Å². The van der Waals surface area contributed by atoms with Crippen LogP contribution in [0.4, 0.5) is 5.69 Å². The van der Waals surface area contributed by atoms with Crippen LogP contribution in [-0.4, -0.2) is 49.5 Å². The van der Waals surface area contributed by atoms with E-state index in [1.807, 2.05) is 50.2 Å². The van der Waals surface area contributed by atoms with Crippen LogP contribution in [0.15, 0.2) is 48.5 Å². The Labute approximate surface area is 165 Å². The number of rotatable bonds is 5. The molecule has 1 aliphatic heterocycles. The summed E-state index contributed by atoms with van der Waals surface area (Å²) in [5.74, 6) is -1.26. The molecule has 1 heterocycles. The first kappa shape index (κ1) is 20.0. The highest BCUT2D eigenvalue weighted by atomic mass is 16.5. The number of hydrogen-bond acceptors (Lipinski definition) is 4. The highest BCUT2D eigenvalue weighted by molar-refractivity contribution is 6.39. The number of ether oxygens (including phenoxy) is 1. The molecule has 2 aromatic rings. The number of hydrogen-bond donors (Lipinski definition) is 2. The third-order valence-corrected chi connectivity index (χ3v) is 4.88. The lowest BCUT2D eigenvalue weighted by atomic mass is 10.1. The van der Waals surface area contributed by atoms with E-state index in [4.69, 9.17) is 4.74 Å². The van der Waals surface area contributed by atoms with E-state index in [1.165, 1.54) is 0 Å². The topological polar surface area (TPSA) is 70.7 Å². The second kappa shape index (κ2) is 9.48. The van der Waals surface area contributed by atoms with E-state index in [2.05, 4.69) is 27.7 Å². The van der Waals surface area contributed by atoms with Gasteiger partial charge >= 0.3 is 11.8 Å². The van der Waals surface area contributed by atoms with Crippen molar-refractivity contribution in [1.82, 2.24) is 10.2 Å². The van der Waals surface area contributed by atoms with Crippen LogP contribution in [0, 0.1) is 13.8 Å². The molecule has 2 aromatic carbocycles. The number of nitrogens with zero attached hydrogens (tertiary/aromatic N) is 1. The van der Waals surface area contributed by atoms with Crippen molar-refractivity contribution < 1.29 is 14.3 Å². The lowest BCUT2D eigenvalue weighted by Crippen LogP contribution is -2.44. The van der Waals surface area contributed by atoms with Gasteiger partial charge in [0.15, 0.2) is 0 Å². The summed E-state index contributed by atoms with van der Waals surface area (Å²) >= 11 is 0. The predicted octanol–water partition coefficient (Wildman–Crippen LogP) is 2.43. The minimum Gasteiger partial charge on any atom is -0.371 e. The van der Waals surface area contributed by atoms with Gasteiger partial charge in [0.1, 0.15) is 0 Å². The molecule has 0 unspecified atom stereocenters. The third kappa shape index (κ3) is 5.41. The summed E-state index contributed by atoms with van der Waals surface area (Å²) in [4.78, 5) is 26.5. The molecule has 3 rings (SSSR count). The fraction of sp³-hybridized carbons (Fsp3) is 0.364. The van der Waals surface area contributed by atoms with Gasteiger partial charge in [-0.15, -0.1) is 0 Å². The standard InChI is InChI=1S/C22H27N3O3/c1-16-8-9-17(2)19(14-16)24-22(27)21(26)23-10-11-25-12-13-28-20(15-25)18-6-4-3-5-7-18/h3-9,14,20H,10-13,15H2,1-2H3,(H,23,26)(H,24,27)/t20-/m1/s1. The number of carbonyl (C=O) groups excluding carboxylic acids is 2. The zero-order valence-corrected chi connectivity index (χ0v) is 16.4. The number of morpholine rings is 1. The Morgan fingerprint density at radius 1 is 1.11 bits per heavy atom. The van der Waals surface area contributed by atoms with Gasteiger partial charge in [-0.1, -0.05) is 42.5 Å². The summed E-state index contributed by atoms with van der Waals surface area (Å²) in [5.41, 5.74) is 3.77. The highest BCUT2D eigenvalue weighted by Gasteiger charge is 2.22. The lowest BCUT2D eigenvalue weighted by Gasteiger charge is -2.33. The Bertz CT molecular complexity index is 823. The second-order valence-corrected chi connectivity index (χ2v) is 7.10. The van der Waals surface area contributed by atoms with Crippen LogP contribution >= 0.6 is 0 Å². The van der Waals surface area contributed by atoms with Gasteiger partial charge in [-0.25, -0.2) is 0 Å². The van der Waals surface area contributed by atoms with Crippen LogP contribution in [0.5, 0.6) is 0 Å². The summed E-state index contributed by atoms with van der Waals surface area (Å²) < 4.78 is 5.85. The minimum atomic E-state index is -0.641. The molecule has 2 amide bonds. The minimum absolute atomic E-state index is 0.0400. The van der Waals surface area contributed by atoms with Crippen LogP contribution in [0.1, 0.15) is 22.8 Å². The Hall–Kier alpha value is -2.70. The maximum atomic E-state index is 12.1. The van der Waals surface area contributed by atoms with E-state index >= 15 is 0 Å². The summed E-state index contributed by atoms with van der Waals surface area (Å²) in [6.07, 6.45) is 0.0400. The third-order valence-electron chi connectivity index (χ3n) is 4.88. The SMILES string of the molecule is Cc1ccc(C)c(NC(=O)C(=O)NCCN2CCO[C@@H](c3ccccc3)C2)c1. The van der Waals surface area contributed by atoms with Crippen molar-refractivity contribution in [2.75, 3.05) is 38.1 Å². The number of anilines is 1. The average Bonchev–Trinajstić information content (AvgIpc) is 2.71. The number of amides is 2. The molecular formula is C22H27N3O3. The van der Waals surface area contributed by atoms with Gasteiger partial charge in [0.05, 0.1) is 12.7 Å². The summed E-state index contributed by atoms with van der Waals surface area (Å²) in [5, 5.41) is 5.39. The molecular weight excluding hydrogens is 354 g/mol. The molecule has 2 N–H and O–H groups in total. The van der Waals surface area contributed by atoms with Crippen molar-refractivity contribution >= 4 is 17.5 Å². The van der Waals surface area contributed by atoms with Crippen molar-refractivity contribution in [3.8, 4) is 0 Å². The molecule has 1 atom stereocenters. The van der Waals surface area contributed by atoms with Crippen molar-refractivity contribution in [1.29, 1.82) is 0 Å². The first-order valence-electron chi connectivity index (χ1n) is 9.58. The smallest absolute Gasteiger partial charge is 0.313 e. The van der Waals surface area contributed by atoms with Crippen LogP contribution in [0.3, 0.4) is 0 Å². The Morgan fingerprint density at radius 3 is 2.68 bits per heavy atom. The number of nitrogens with one attached hydrogen (secondary N) is 2. The van der Waals surface area contributed by atoms with Crippen LogP contribution in [0.2, 0.25) is 0 Å². The van der Waals surface area contributed by atoms with Crippen molar-refractivity contribution in [2.45, 2.75) is 20.0 Å². The Balaban J connectivity index is 1.44. The van der Waals surface area contributed by atoms with Gasteiger partial charge in [0, 0.05) is 31.9 Å². The Kier molecular flexibility index (Phi) is 6.79. The molecule has 148 valence electrons. The normalized spacial score (nSPS) is 17.1. The molecule has 0 radical (unpaired) electrons. The molecule has 0 aromatic heterocycles. The molecule has 1 saturated heterocycles. The quantitative estimate of drug-likeness (QED) is 0.781. The molecule has 0 bridgehead atoms. The summed E-state index contributed by atoms with van der Waals surface area (Å²) in [7, 11) is 0. The lowest BCUT2D eigenvalue weighted by molar-refractivity contribution is -0.136. The van der Waals surface area contributed by atoms with E-state index in [0.29, 0.717) is 25.4 Å². The fourth-order valence-electron chi connectivity index (χ4n) is 3.23. The monoisotopic (exact) mass is 381 g/mol. The molecule has 0 spiro atoms. The first-order chi connectivity index (χ1) is 13.5. The average molecular weight is 381 g/mol. The maximum absolute atomic E-state index is 12.1. The van der Waals surface area contributed by atoms with Gasteiger partial charge in [0.2, 0.25) is 0 Å².